The van der Waals surface area contributed by atoms with E-state index in [2.05, 4.69) is 52.1 Å². The number of nitrogens with one attached hydrogen (secondary N) is 1. The first-order valence-corrected chi connectivity index (χ1v) is 7.11. The van der Waals surface area contributed by atoms with Gasteiger partial charge in [-0.3, -0.25) is 0 Å². The molecule has 2 aromatic heterocycles. The predicted molar refractivity (Wildman–Crippen MR) is 83.0 cm³/mol. The van der Waals surface area contributed by atoms with Crippen molar-refractivity contribution in [3.05, 3.63) is 66.1 Å². The first kappa shape index (κ1) is 12.7. The molecule has 3 heteroatoms. The van der Waals surface area contributed by atoms with Crippen LogP contribution in [-0.4, -0.2) is 9.38 Å². The average Bonchev–Trinajstić information content (AvgIpc) is 2.89. The van der Waals surface area contributed by atoms with Crippen molar-refractivity contribution in [1.29, 1.82) is 0 Å². The van der Waals surface area contributed by atoms with Crippen LogP contribution in [0.3, 0.4) is 0 Å². The number of rotatable bonds is 5. The number of imidazole rings is 1. The third kappa shape index (κ3) is 2.67. The summed E-state index contributed by atoms with van der Waals surface area (Å²) in [4.78, 5) is 4.60. The molecule has 3 aromatic rings. The van der Waals surface area contributed by atoms with Crippen LogP contribution < -0.4 is 5.32 Å². The maximum absolute atomic E-state index is 4.60. The quantitative estimate of drug-likeness (QED) is 0.758. The summed E-state index contributed by atoms with van der Waals surface area (Å²) in [5.41, 5.74) is 4.64. The number of nitrogens with zero attached hydrogens (tertiary/aromatic N) is 2. The minimum absolute atomic E-state index is 0.752. The Morgan fingerprint density at radius 3 is 2.80 bits per heavy atom. The number of benzene rings is 1. The number of anilines is 1. The highest BCUT2D eigenvalue weighted by Crippen LogP contribution is 2.17. The first-order valence-electron chi connectivity index (χ1n) is 7.11. The van der Waals surface area contributed by atoms with Gasteiger partial charge >= 0.3 is 0 Å². The standard InChI is InChI=1S/C17H19N3/c1-2-7-14-8-3-4-9-16(14)18-12-15-13-20-11-6-5-10-17(20)19-15/h3-6,8-11,13,18H,2,7,12H2,1H3. The zero-order valence-electron chi connectivity index (χ0n) is 11.7. The second-order valence-electron chi connectivity index (χ2n) is 4.96. The van der Waals surface area contributed by atoms with E-state index in [9.17, 15) is 0 Å². The summed E-state index contributed by atoms with van der Waals surface area (Å²) in [5.74, 6) is 0. The van der Waals surface area contributed by atoms with Crippen LogP contribution in [0.2, 0.25) is 0 Å². The molecule has 0 unspecified atom stereocenters. The van der Waals surface area contributed by atoms with E-state index in [-0.39, 0.29) is 0 Å². The van der Waals surface area contributed by atoms with Crippen LogP contribution in [0.4, 0.5) is 5.69 Å². The fourth-order valence-electron chi connectivity index (χ4n) is 2.44. The summed E-state index contributed by atoms with van der Waals surface area (Å²) >= 11 is 0. The maximum Gasteiger partial charge on any atom is 0.137 e. The second-order valence-corrected chi connectivity index (χ2v) is 4.96. The Morgan fingerprint density at radius 2 is 1.95 bits per heavy atom. The van der Waals surface area contributed by atoms with Gasteiger partial charge in [0, 0.05) is 18.1 Å². The molecule has 1 aromatic carbocycles. The lowest BCUT2D eigenvalue weighted by molar-refractivity contribution is 0.918. The Labute approximate surface area is 119 Å². The fraction of sp³-hybridized carbons (Fsp3) is 0.235. The second kappa shape index (κ2) is 5.78. The van der Waals surface area contributed by atoms with Gasteiger partial charge in [-0.25, -0.2) is 4.98 Å². The molecule has 20 heavy (non-hydrogen) atoms. The molecule has 0 spiro atoms. The van der Waals surface area contributed by atoms with Gasteiger partial charge in [-0.15, -0.1) is 0 Å². The third-order valence-electron chi connectivity index (χ3n) is 3.41. The van der Waals surface area contributed by atoms with Crippen molar-refractivity contribution >= 4 is 11.3 Å². The Kier molecular flexibility index (Phi) is 3.68. The maximum atomic E-state index is 4.60. The zero-order valence-corrected chi connectivity index (χ0v) is 11.7. The van der Waals surface area contributed by atoms with E-state index in [1.165, 1.54) is 11.3 Å². The van der Waals surface area contributed by atoms with Crippen molar-refractivity contribution in [3.63, 3.8) is 0 Å². The van der Waals surface area contributed by atoms with Crippen LogP contribution >= 0.6 is 0 Å². The molecular weight excluding hydrogens is 246 g/mol. The molecule has 0 saturated heterocycles. The summed E-state index contributed by atoms with van der Waals surface area (Å²) in [6, 6.07) is 14.6. The average molecular weight is 265 g/mol. The first-order chi connectivity index (χ1) is 9.86. The topological polar surface area (TPSA) is 29.3 Å². The van der Waals surface area contributed by atoms with Crippen molar-refractivity contribution in [3.8, 4) is 0 Å². The van der Waals surface area contributed by atoms with Gasteiger partial charge in [0.2, 0.25) is 0 Å². The number of pyridine rings is 1. The van der Waals surface area contributed by atoms with E-state index >= 15 is 0 Å². The Morgan fingerprint density at radius 1 is 1.10 bits per heavy atom. The van der Waals surface area contributed by atoms with Crippen molar-refractivity contribution in [2.24, 2.45) is 0 Å². The van der Waals surface area contributed by atoms with Crippen molar-refractivity contribution in [1.82, 2.24) is 9.38 Å². The lowest BCUT2D eigenvalue weighted by Crippen LogP contribution is -2.02. The number of aryl methyl sites for hydroxylation is 1. The van der Waals surface area contributed by atoms with Crippen molar-refractivity contribution in [2.75, 3.05) is 5.32 Å². The minimum Gasteiger partial charge on any atom is -0.379 e. The van der Waals surface area contributed by atoms with E-state index in [1.807, 2.05) is 24.4 Å². The predicted octanol–water partition coefficient (Wildman–Crippen LogP) is 3.90. The highest BCUT2D eigenvalue weighted by Gasteiger charge is 2.03. The van der Waals surface area contributed by atoms with Crippen molar-refractivity contribution < 1.29 is 0 Å². The monoisotopic (exact) mass is 265 g/mol. The van der Waals surface area contributed by atoms with Crippen LogP contribution in [0.25, 0.3) is 5.65 Å². The summed E-state index contributed by atoms with van der Waals surface area (Å²) in [5, 5.41) is 3.50. The molecule has 0 fully saturated rings. The molecule has 0 aliphatic carbocycles. The molecule has 2 heterocycles. The SMILES string of the molecule is CCCc1ccccc1NCc1cn2ccccc2n1. The van der Waals surface area contributed by atoms with Crippen molar-refractivity contribution in [2.45, 2.75) is 26.3 Å². The van der Waals surface area contributed by atoms with Crippen LogP contribution in [0, 0.1) is 0 Å². The van der Waals surface area contributed by atoms with Gasteiger partial charge in [-0.2, -0.15) is 0 Å². The van der Waals surface area contributed by atoms with Crippen LogP contribution in [-0.2, 0) is 13.0 Å². The van der Waals surface area contributed by atoms with E-state index in [0.29, 0.717) is 0 Å². The normalized spacial score (nSPS) is 10.8. The Balaban J connectivity index is 1.76. The highest BCUT2D eigenvalue weighted by atomic mass is 15.0. The summed E-state index contributed by atoms with van der Waals surface area (Å²) in [6.45, 7) is 2.96. The van der Waals surface area contributed by atoms with Gasteiger partial charge < -0.3 is 9.72 Å². The van der Waals surface area contributed by atoms with E-state index in [4.69, 9.17) is 0 Å². The van der Waals surface area contributed by atoms with Crippen LogP contribution in [0.5, 0.6) is 0 Å². The summed E-state index contributed by atoms with van der Waals surface area (Å²) in [7, 11) is 0. The van der Waals surface area contributed by atoms with Gasteiger partial charge in [-0.1, -0.05) is 37.6 Å². The molecule has 0 saturated carbocycles. The Hall–Kier alpha value is -2.29. The van der Waals surface area contributed by atoms with Gasteiger partial charge in [-0.05, 0) is 30.2 Å². The summed E-state index contributed by atoms with van der Waals surface area (Å²) < 4.78 is 2.05. The molecule has 3 rings (SSSR count). The largest absolute Gasteiger partial charge is 0.379 e. The Bertz CT molecular complexity index is 667. The molecule has 0 amide bonds. The van der Waals surface area contributed by atoms with Gasteiger partial charge in [0.05, 0.1) is 12.2 Å². The fourth-order valence-corrected chi connectivity index (χ4v) is 2.44. The third-order valence-corrected chi connectivity index (χ3v) is 3.41. The molecule has 0 aliphatic rings. The lowest BCUT2D eigenvalue weighted by Gasteiger charge is -2.10. The number of para-hydroxylation sites is 1. The molecule has 0 radical (unpaired) electrons. The molecule has 3 nitrogen and oxygen atoms in total. The number of hydrogen-bond acceptors (Lipinski definition) is 2. The highest BCUT2D eigenvalue weighted by molar-refractivity contribution is 5.51. The number of fused-ring (bicyclic) bond motifs is 1. The van der Waals surface area contributed by atoms with Crippen LogP contribution in [0.15, 0.2) is 54.9 Å². The van der Waals surface area contributed by atoms with E-state index < -0.39 is 0 Å². The molecule has 0 bridgehead atoms. The molecule has 102 valence electrons. The smallest absolute Gasteiger partial charge is 0.137 e. The molecular formula is C17H19N3. The number of aromatic nitrogens is 2. The van der Waals surface area contributed by atoms with Crippen LogP contribution in [0.1, 0.15) is 24.6 Å². The van der Waals surface area contributed by atoms with Gasteiger partial charge in [0.1, 0.15) is 5.65 Å². The molecule has 0 aliphatic heterocycles. The number of hydrogen-bond donors (Lipinski definition) is 1. The van der Waals surface area contributed by atoms with E-state index in [0.717, 1.165) is 30.7 Å². The molecule has 1 N–H and O–H groups in total. The lowest BCUT2D eigenvalue weighted by atomic mass is 10.1. The zero-order chi connectivity index (χ0) is 13.8. The van der Waals surface area contributed by atoms with E-state index in [1.54, 1.807) is 0 Å². The summed E-state index contributed by atoms with van der Waals surface area (Å²) in [6.07, 6.45) is 6.36. The molecule has 0 atom stereocenters. The van der Waals surface area contributed by atoms with Gasteiger partial charge in [0.25, 0.3) is 0 Å². The minimum atomic E-state index is 0.752. The van der Waals surface area contributed by atoms with Gasteiger partial charge in [0.15, 0.2) is 0 Å².